The second-order valence-corrected chi connectivity index (χ2v) is 10.1. The molecule has 0 saturated carbocycles. The number of carbonyl (C=O) groups is 2. The fourth-order valence-corrected chi connectivity index (χ4v) is 5.18. The predicted molar refractivity (Wildman–Crippen MR) is 131 cm³/mol. The number of nitrogens with zero attached hydrogens (tertiary/aromatic N) is 1. The van der Waals surface area contributed by atoms with Crippen LogP contribution in [-0.2, 0) is 16.0 Å². The van der Waals surface area contributed by atoms with Crippen LogP contribution in [0, 0.1) is 5.82 Å². The highest BCUT2D eigenvalue weighted by Gasteiger charge is 2.33. The van der Waals surface area contributed by atoms with Gasteiger partial charge >= 0.3 is 5.97 Å². The first-order chi connectivity index (χ1) is 16.3. The molecule has 0 saturated heterocycles. The number of halogens is 1. The van der Waals surface area contributed by atoms with Gasteiger partial charge in [-0.25, -0.2) is 14.2 Å². The van der Waals surface area contributed by atoms with Gasteiger partial charge in [0.25, 0.3) is 5.91 Å². The number of hydrogen-bond donors (Lipinski definition) is 1. The highest BCUT2D eigenvalue weighted by molar-refractivity contribution is 7.21. The van der Waals surface area contributed by atoms with Crippen LogP contribution in [0.25, 0.3) is 10.1 Å². The van der Waals surface area contributed by atoms with E-state index in [1.807, 2.05) is 35.7 Å². The van der Waals surface area contributed by atoms with E-state index in [1.54, 1.807) is 26.1 Å². The van der Waals surface area contributed by atoms with Crippen LogP contribution in [0.4, 0.5) is 4.39 Å². The number of fused-ring (bicyclic) bond motifs is 1. The van der Waals surface area contributed by atoms with Crippen LogP contribution in [0.3, 0.4) is 0 Å². The summed E-state index contributed by atoms with van der Waals surface area (Å²) in [4.78, 5) is 30.1. The summed E-state index contributed by atoms with van der Waals surface area (Å²) in [6.07, 6.45) is 1.71. The Labute approximate surface area is 204 Å². The number of rotatable bonds is 8. The predicted octanol–water partition coefficient (Wildman–Crippen LogP) is 5.54. The van der Waals surface area contributed by atoms with Gasteiger partial charge in [-0.15, -0.1) is 22.7 Å². The minimum absolute atomic E-state index is 0.243. The smallest absolute Gasteiger partial charge is 0.330 e. The molecule has 34 heavy (non-hydrogen) atoms. The highest BCUT2D eigenvalue weighted by atomic mass is 32.1. The summed E-state index contributed by atoms with van der Waals surface area (Å²) in [7, 11) is 1.26. The normalized spacial score (nSPS) is 12.4. The zero-order chi connectivity index (χ0) is 24.3. The van der Waals surface area contributed by atoms with Crippen molar-refractivity contribution in [2.24, 2.45) is 0 Å². The summed E-state index contributed by atoms with van der Waals surface area (Å²) < 4.78 is 26.1. The average Bonchev–Trinajstić information content (AvgIpc) is 3.47. The molecule has 2 aromatic carbocycles. The molecular formula is C25H23FN2O4S2. The van der Waals surface area contributed by atoms with Gasteiger partial charge in [-0.3, -0.25) is 4.79 Å². The van der Waals surface area contributed by atoms with Gasteiger partial charge in [0.15, 0.2) is 11.9 Å². The molecule has 1 atom stereocenters. The molecule has 2 heterocycles. The Hall–Kier alpha value is -3.30. The zero-order valence-electron chi connectivity index (χ0n) is 18.8. The molecule has 0 fully saturated rings. The topological polar surface area (TPSA) is 77.5 Å². The summed E-state index contributed by atoms with van der Waals surface area (Å²) in [5.41, 5.74) is -0.227. The lowest BCUT2D eigenvalue weighted by atomic mass is 10.1. The molecule has 1 N–H and O–H groups in total. The molecule has 2 aromatic heterocycles. The summed E-state index contributed by atoms with van der Waals surface area (Å²) in [6.45, 7) is 3.11. The highest BCUT2D eigenvalue weighted by Crippen LogP contribution is 2.41. The molecule has 0 aliphatic rings. The number of aromatic nitrogens is 1. The molecule has 0 bridgehead atoms. The number of esters is 1. The van der Waals surface area contributed by atoms with Crippen molar-refractivity contribution in [3.05, 3.63) is 81.4 Å². The third kappa shape index (κ3) is 5.10. The summed E-state index contributed by atoms with van der Waals surface area (Å²) in [5, 5.41) is 5.79. The van der Waals surface area contributed by atoms with Crippen molar-refractivity contribution < 1.29 is 23.5 Å². The lowest BCUT2D eigenvalue weighted by Crippen LogP contribution is -2.50. The molecule has 1 amide bonds. The molecule has 4 rings (SSSR count). The van der Waals surface area contributed by atoms with E-state index in [1.165, 1.54) is 41.9 Å². The van der Waals surface area contributed by atoms with Gasteiger partial charge < -0.3 is 14.8 Å². The van der Waals surface area contributed by atoms with Crippen LogP contribution < -0.4 is 10.1 Å². The number of benzene rings is 2. The fraction of sp³-hybridized carbons (Fsp3) is 0.240. The fourth-order valence-electron chi connectivity index (χ4n) is 3.50. The van der Waals surface area contributed by atoms with E-state index in [9.17, 15) is 14.0 Å². The Morgan fingerprint density at radius 2 is 1.94 bits per heavy atom. The number of thiophene rings is 1. The van der Waals surface area contributed by atoms with Gasteiger partial charge in [0.05, 0.1) is 7.11 Å². The molecule has 0 aliphatic carbocycles. The van der Waals surface area contributed by atoms with Crippen LogP contribution in [0.5, 0.6) is 5.75 Å². The lowest BCUT2D eigenvalue weighted by Gasteiger charge is -2.23. The van der Waals surface area contributed by atoms with Crippen molar-refractivity contribution in [1.29, 1.82) is 0 Å². The summed E-state index contributed by atoms with van der Waals surface area (Å²) >= 11 is 2.62. The Morgan fingerprint density at radius 1 is 1.18 bits per heavy atom. The van der Waals surface area contributed by atoms with Gasteiger partial charge in [-0.05, 0) is 37.6 Å². The van der Waals surface area contributed by atoms with E-state index in [0.29, 0.717) is 16.5 Å². The van der Waals surface area contributed by atoms with Crippen molar-refractivity contribution >= 4 is 44.6 Å². The maximum Gasteiger partial charge on any atom is 0.330 e. The second-order valence-electron chi connectivity index (χ2n) is 8.14. The van der Waals surface area contributed by atoms with Gasteiger partial charge in [0.1, 0.15) is 21.2 Å². The number of nitrogens with one attached hydrogen (secondary N) is 1. The first-order valence-corrected chi connectivity index (χ1v) is 12.2. The van der Waals surface area contributed by atoms with Crippen LogP contribution in [0.1, 0.15) is 40.2 Å². The number of ether oxygens (including phenoxy) is 2. The lowest BCUT2D eigenvalue weighted by molar-refractivity contribution is -0.146. The van der Waals surface area contributed by atoms with Crippen LogP contribution in [0.2, 0.25) is 0 Å². The standard InChI is InChI=1S/C25H23FN2O4S2/c1-25(2,24(30)31-3)28-22(29)21-20(17-14-16(26)9-10-19(17)34-21)32-18(23-27-11-12-33-23)13-15-7-5-4-6-8-15/h4-12,14,18H,13H2,1-3H3,(H,28,29). The van der Waals surface area contributed by atoms with Gasteiger partial charge in [0, 0.05) is 28.1 Å². The third-order valence-electron chi connectivity index (χ3n) is 5.18. The molecule has 0 radical (unpaired) electrons. The summed E-state index contributed by atoms with van der Waals surface area (Å²) in [6, 6.07) is 14.1. The van der Waals surface area contributed by atoms with Crippen molar-refractivity contribution in [3.8, 4) is 5.75 Å². The van der Waals surface area contributed by atoms with Crippen LogP contribution in [-0.4, -0.2) is 29.5 Å². The van der Waals surface area contributed by atoms with Gasteiger partial charge in [-0.2, -0.15) is 0 Å². The van der Waals surface area contributed by atoms with Gasteiger partial charge in [-0.1, -0.05) is 30.3 Å². The molecule has 0 spiro atoms. The minimum atomic E-state index is -1.26. The third-order valence-corrected chi connectivity index (χ3v) is 7.20. The number of amides is 1. The molecule has 4 aromatic rings. The minimum Gasteiger partial charge on any atom is -0.481 e. The van der Waals surface area contributed by atoms with Crippen molar-refractivity contribution in [2.45, 2.75) is 31.9 Å². The molecule has 0 aliphatic heterocycles. The first kappa shape index (κ1) is 23.8. The Kier molecular flexibility index (Phi) is 6.95. The molecule has 9 heteroatoms. The molecule has 176 valence electrons. The maximum absolute atomic E-state index is 14.2. The number of thiazole rings is 1. The monoisotopic (exact) mass is 498 g/mol. The largest absolute Gasteiger partial charge is 0.481 e. The maximum atomic E-state index is 14.2. The van der Waals surface area contributed by atoms with Crippen LogP contribution >= 0.6 is 22.7 Å². The molecule has 1 unspecified atom stereocenters. The zero-order valence-corrected chi connectivity index (χ0v) is 20.5. The van der Waals surface area contributed by atoms with Crippen molar-refractivity contribution in [3.63, 3.8) is 0 Å². The number of hydrogen-bond acceptors (Lipinski definition) is 7. The molecular weight excluding hydrogens is 475 g/mol. The van der Waals surface area contributed by atoms with Crippen LogP contribution in [0.15, 0.2) is 60.1 Å². The van der Waals surface area contributed by atoms with E-state index in [-0.39, 0.29) is 10.6 Å². The van der Waals surface area contributed by atoms with E-state index in [2.05, 4.69) is 10.3 Å². The Morgan fingerprint density at radius 3 is 2.62 bits per heavy atom. The summed E-state index contributed by atoms with van der Waals surface area (Å²) in [5.74, 6) is -1.27. The first-order valence-electron chi connectivity index (χ1n) is 10.5. The Bertz CT molecular complexity index is 1300. The van der Waals surface area contributed by atoms with Crippen molar-refractivity contribution in [2.75, 3.05) is 7.11 Å². The Balaban J connectivity index is 1.75. The molecule has 6 nitrogen and oxygen atoms in total. The SMILES string of the molecule is COC(=O)C(C)(C)NC(=O)c1sc2ccc(F)cc2c1OC(Cc1ccccc1)c1nccs1. The average molecular weight is 499 g/mol. The van der Waals surface area contributed by atoms with E-state index < -0.39 is 29.3 Å². The second kappa shape index (κ2) is 9.90. The van der Waals surface area contributed by atoms with Crippen molar-refractivity contribution in [1.82, 2.24) is 10.3 Å². The number of carbonyl (C=O) groups excluding carboxylic acids is 2. The quantitative estimate of drug-likeness (QED) is 0.323. The van der Waals surface area contributed by atoms with Gasteiger partial charge in [0.2, 0.25) is 0 Å². The van der Waals surface area contributed by atoms with E-state index in [4.69, 9.17) is 9.47 Å². The number of methoxy groups -OCH3 is 1. The van der Waals surface area contributed by atoms with E-state index in [0.717, 1.165) is 10.6 Å². The van der Waals surface area contributed by atoms with E-state index >= 15 is 0 Å².